The van der Waals surface area contributed by atoms with Gasteiger partial charge in [0.05, 0.1) is 16.8 Å². The minimum absolute atomic E-state index is 0.143. The van der Waals surface area contributed by atoms with E-state index in [1.165, 1.54) is 5.56 Å². The second-order valence-electron chi connectivity index (χ2n) is 7.65. The van der Waals surface area contributed by atoms with Crippen molar-refractivity contribution in [3.63, 3.8) is 0 Å². The summed E-state index contributed by atoms with van der Waals surface area (Å²) in [7, 11) is 0. The largest absolute Gasteiger partial charge is 0.322 e. The van der Waals surface area contributed by atoms with E-state index in [0.29, 0.717) is 5.56 Å². The van der Waals surface area contributed by atoms with Crippen molar-refractivity contribution in [3.8, 4) is 11.3 Å². The first kappa shape index (κ1) is 21.7. The molecule has 0 fully saturated rings. The molecule has 0 saturated heterocycles. The number of halogens is 2. The molecule has 1 aromatic heterocycles. The molecule has 0 spiro atoms. The zero-order chi connectivity index (χ0) is 22.1. The van der Waals surface area contributed by atoms with E-state index in [9.17, 15) is 4.79 Å². The van der Waals surface area contributed by atoms with Gasteiger partial charge in [-0.2, -0.15) is 0 Å². The molecule has 0 atom stereocenters. The molecule has 0 unspecified atom stereocenters. The Hall–Kier alpha value is -2.50. The number of anilines is 1. The number of amides is 1. The highest BCUT2D eigenvalue weighted by Gasteiger charge is 2.17. The van der Waals surface area contributed by atoms with Crippen LogP contribution in [0, 0.1) is 13.8 Å². The Morgan fingerprint density at radius 3 is 2.39 bits per heavy atom. The van der Waals surface area contributed by atoms with Crippen LogP contribution in [0.2, 0.25) is 0 Å². The second-order valence-corrected chi connectivity index (χ2v) is 9.48. The van der Waals surface area contributed by atoms with Gasteiger partial charge >= 0.3 is 0 Å². The molecule has 156 valence electrons. The molecule has 1 heterocycles. The molecule has 4 rings (SSSR count). The van der Waals surface area contributed by atoms with E-state index in [0.717, 1.165) is 54.3 Å². The van der Waals surface area contributed by atoms with Crippen LogP contribution in [0.4, 0.5) is 5.69 Å². The number of aromatic nitrogens is 1. The molecule has 1 N–H and O–H groups in total. The normalized spacial score (nSPS) is 11.0. The second kappa shape index (κ2) is 8.93. The smallest absolute Gasteiger partial charge is 0.256 e. The van der Waals surface area contributed by atoms with E-state index in [1.54, 1.807) is 0 Å². The summed E-state index contributed by atoms with van der Waals surface area (Å²) in [4.78, 5) is 18.4. The van der Waals surface area contributed by atoms with Crippen molar-refractivity contribution in [1.82, 2.24) is 4.98 Å². The van der Waals surface area contributed by atoms with E-state index in [-0.39, 0.29) is 5.91 Å². The fraction of sp³-hybridized carbons (Fsp3) is 0.154. The summed E-state index contributed by atoms with van der Waals surface area (Å²) in [6.07, 6.45) is 0.825. The SMILES string of the molecule is CCc1cc(Br)ccc1NC(=O)c1cc(-c2ccc(C)cc2)nc2c(C)cc(Br)cc12. The van der Waals surface area contributed by atoms with E-state index in [4.69, 9.17) is 4.98 Å². The topological polar surface area (TPSA) is 42.0 Å². The fourth-order valence-corrected chi connectivity index (χ4v) is 4.66. The van der Waals surface area contributed by atoms with E-state index in [2.05, 4.69) is 63.2 Å². The molecule has 0 bridgehead atoms. The van der Waals surface area contributed by atoms with Crippen molar-refractivity contribution >= 4 is 54.4 Å². The summed E-state index contributed by atoms with van der Waals surface area (Å²) in [6, 6.07) is 20.0. The predicted molar refractivity (Wildman–Crippen MR) is 136 cm³/mol. The third-order valence-corrected chi connectivity index (χ3v) is 6.31. The van der Waals surface area contributed by atoms with Crippen LogP contribution in [-0.2, 0) is 6.42 Å². The van der Waals surface area contributed by atoms with Crippen LogP contribution in [0.15, 0.2) is 69.6 Å². The Labute approximate surface area is 199 Å². The van der Waals surface area contributed by atoms with Crippen LogP contribution in [0.1, 0.15) is 34.0 Å². The number of carbonyl (C=O) groups excluding carboxylic acids is 1. The summed E-state index contributed by atoms with van der Waals surface area (Å²) in [5.41, 5.74) is 7.32. The lowest BCUT2D eigenvalue weighted by molar-refractivity contribution is 0.102. The van der Waals surface area contributed by atoms with E-state index >= 15 is 0 Å². The Balaban J connectivity index is 1.87. The van der Waals surface area contributed by atoms with Crippen molar-refractivity contribution in [2.24, 2.45) is 0 Å². The van der Waals surface area contributed by atoms with Gasteiger partial charge in [-0.05, 0) is 67.8 Å². The molecule has 31 heavy (non-hydrogen) atoms. The Bertz CT molecular complexity index is 1300. The van der Waals surface area contributed by atoms with E-state index < -0.39 is 0 Å². The number of carbonyl (C=O) groups is 1. The first-order valence-corrected chi connectivity index (χ1v) is 11.7. The van der Waals surface area contributed by atoms with Gasteiger partial charge in [0, 0.05) is 25.6 Å². The molecule has 3 aromatic carbocycles. The number of fused-ring (bicyclic) bond motifs is 1. The van der Waals surface area contributed by atoms with Crippen molar-refractivity contribution in [2.75, 3.05) is 5.32 Å². The first-order valence-electron chi connectivity index (χ1n) is 10.1. The average molecular weight is 538 g/mol. The third kappa shape index (κ3) is 4.58. The minimum atomic E-state index is -0.143. The molecule has 1 amide bonds. The van der Waals surface area contributed by atoms with Crippen LogP contribution in [-0.4, -0.2) is 10.9 Å². The Kier molecular flexibility index (Phi) is 6.26. The maximum Gasteiger partial charge on any atom is 0.256 e. The number of hydrogen-bond donors (Lipinski definition) is 1. The number of aryl methyl sites for hydroxylation is 3. The molecule has 5 heteroatoms. The molecule has 0 aliphatic carbocycles. The van der Waals surface area contributed by atoms with Crippen molar-refractivity contribution < 1.29 is 4.79 Å². The summed E-state index contributed by atoms with van der Waals surface area (Å²) >= 11 is 7.08. The number of pyridine rings is 1. The van der Waals surface area contributed by atoms with Gasteiger partial charge < -0.3 is 5.32 Å². The average Bonchev–Trinajstić information content (AvgIpc) is 2.75. The Morgan fingerprint density at radius 2 is 1.68 bits per heavy atom. The summed E-state index contributed by atoms with van der Waals surface area (Å²) < 4.78 is 1.92. The highest BCUT2D eigenvalue weighted by molar-refractivity contribution is 9.10. The minimum Gasteiger partial charge on any atom is -0.322 e. The van der Waals surface area contributed by atoms with Gasteiger partial charge in [0.15, 0.2) is 0 Å². The highest BCUT2D eigenvalue weighted by Crippen LogP contribution is 2.31. The van der Waals surface area contributed by atoms with Gasteiger partial charge in [-0.15, -0.1) is 0 Å². The maximum atomic E-state index is 13.5. The number of benzene rings is 3. The molecule has 3 nitrogen and oxygen atoms in total. The summed E-state index contributed by atoms with van der Waals surface area (Å²) in [5.74, 6) is -0.143. The van der Waals surface area contributed by atoms with Crippen molar-refractivity contribution in [2.45, 2.75) is 27.2 Å². The molecule has 0 aliphatic heterocycles. The van der Waals surface area contributed by atoms with Crippen LogP contribution in [0.25, 0.3) is 22.2 Å². The number of rotatable bonds is 4. The van der Waals surface area contributed by atoms with Gasteiger partial charge in [-0.3, -0.25) is 4.79 Å². The van der Waals surface area contributed by atoms with Crippen molar-refractivity contribution in [1.29, 1.82) is 0 Å². The van der Waals surface area contributed by atoms with Gasteiger partial charge in [0.25, 0.3) is 5.91 Å². The molecular formula is C26H22Br2N2O. The quantitative estimate of drug-likeness (QED) is 0.288. The third-order valence-electron chi connectivity index (χ3n) is 5.36. The van der Waals surface area contributed by atoms with Gasteiger partial charge in [-0.1, -0.05) is 68.6 Å². The summed E-state index contributed by atoms with van der Waals surface area (Å²) in [5, 5.41) is 3.95. The van der Waals surface area contributed by atoms with Crippen LogP contribution < -0.4 is 5.32 Å². The zero-order valence-corrected chi connectivity index (χ0v) is 20.8. The standard InChI is InChI=1S/C26H22Br2N2O/c1-4-17-12-19(27)9-10-23(17)30-26(31)22-14-24(18-7-5-15(2)6-8-18)29-25-16(3)11-20(28)13-21(22)25/h5-14H,4H2,1-3H3,(H,30,31). The molecular weight excluding hydrogens is 516 g/mol. The molecule has 0 saturated carbocycles. The Morgan fingerprint density at radius 1 is 0.935 bits per heavy atom. The van der Waals surface area contributed by atoms with Gasteiger partial charge in [0.2, 0.25) is 0 Å². The highest BCUT2D eigenvalue weighted by atomic mass is 79.9. The lowest BCUT2D eigenvalue weighted by Gasteiger charge is -2.14. The lowest BCUT2D eigenvalue weighted by Crippen LogP contribution is -2.14. The lowest BCUT2D eigenvalue weighted by atomic mass is 10.0. The van der Waals surface area contributed by atoms with Crippen LogP contribution >= 0.6 is 31.9 Å². The monoisotopic (exact) mass is 536 g/mol. The molecule has 0 aliphatic rings. The molecule has 0 radical (unpaired) electrons. The number of hydrogen-bond acceptors (Lipinski definition) is 2. The van der Waals surface area contributed by atoms with Gasteiger partial charge in [0.1, 0.15) is 0 Å². The zero-order valence-electron chi connectivity index (χ0n) is 17.6. The predicted octanol–water partition coefficient (Wildman–Crippen LogP) is 7.86. The van der Waals surface area contributed by atoms with Crippen LogP contribution in [0.3, 0.4) is 0 Å². The van der Waals surface area contributed by atoms with Crippen LogP contribution in [0.5, 0.6) is 0 Å². The van der Waals surface area contributed by atoms with Crippen molar-refractivity contribution in [3.05, 3.63) is 91.9 Å². The number of nitrogens with zero attached hydrogens (tertiary/aromatic N) is 1. The number of nitrogens with one attached hydrogen (secondary N) is 1. The summed E-state index contributed by atoms with van der Waals surface area (Å²) in [6.45, 7) is 6.15. The van der Waals surface area contributed by atoms with Gasteiger partial charge in [-0.25, -0.2) is 4.98 Å². The maximum absolute atomic E-state index is 13.5. The van der Waals surface area contributed by atoms with E-state index in [1.807, 2.05) is 55.5 Å². The fourth-order valence-electron chi connectivity index (χ4n) is 3.68. The first-order chi connectivity index (χ1) is 14.9. The molecule has 4 aromatic rings.